The lowest BCUT2D eigenvalue weighted by atomic mass is 10.1. The fourth-order valence-electron chi connectivity index (χ4n) is 3.92. The van der Waals surface area contributed by atoms with Gasteiger partial charge in [0, 0.05) is 26.3 Å². The van der Waals surface area contributed by atoms with E-state index >= 15 is 0 Å². The molecule has 0 unspecified atom stereocenters. The molecule has 0 aliphatic heterocycles. The van der Waals surface area contributed by atoms with Crippen LogP contribution in [0.4, 0.5) is 11.4 Å². The summed E-state index contributed by atoms with van der Waals surface area (Å²) < 4.78 is 49.8. The molecule has 3 rings (SSSR count). The topological polar surface area (TPSA) is 132 Å². The lowest BCUT2D eigenvalue weighted by molar-refractivity contribution is -0.114. The predicted molar refractivity (Wildman–Crippen MR) is 156 cm³/mol. The summed E-state index contributed by atoms with van der Waals surface area (Å²) in [5.41, 5.74) is 0.730. The first-order valence-electron chi connectivity index (χ1n) is 12.9. The van der Waals surface area contributed by atoms with Crippen LogP contribution in [-0.2, 0) is 19.6 Å². The first kappa shape index (κ1) is 31.2. The number of rotatable bonds is 15. The standard InChI is InChI=1S/C29H35N3O8S/c1-5-40-22-13-11-21(12-14-22)32(41(35,36)23-15-16-26(38-3)27(19-23)39-4)20-28(33)31-25-10-7-6-9-24(25)29(34)30-17-8-18-37-2/h6-7,9-16,19H,5,8,17-18,20H2,1-4H3,(H,30,34)(H,31,33). The number of para-hydroxylation sites is 1. The summed E-state index contributed by atoms with van der Waals surface area (Å²) >= 11 is 0. The summed E-state index contributed by atoms with van der Waals surface area (Å²) in [7, 11) is 0.160. The second-order valence-electron chi connectivity index (χ2n) is 8.65. The Morgan fingerprint density at radius 2 is 1.61 bits per heavy atom. The van der Waals surface area contributed by atoms with Gasteiger partial charge >= 0.3 is 0 Å². The third-order valence-electron chi connectivity index (χ3n) is 5.92. The lowest BCUT2D eigenvalue weighted by Crippen LogP contribution is -2.38. The molecule has 12 heteroatoms. The van der Waals surface area contributed by atoms with Crippen LogP contribution in [-0.4, -0.2) is 67.9 Å². The number of amides is 2. The second-order valence-corrected chi connectivity index (χ2v) is 10.5. The molecule has 0 heterocycles. The maximum Gasteiger partial charge on any atom is 0.264 e. The first-order chi connectivity index (χ1) is 19.7. The molecular formula is C29H35N3O8S. The number of nitrogens with one attached hydrogen (secondary N) is 2. The Labute approximate surface area is 240 Å². The minimum Gasteiger partial charge on any atom is -0.494 e. The van der Waals surface area contributed by atoms with E-state index in [1.807, 2.05) is 6.92 Å². The zero-order valence-electron chi connectivity index (χ0n) is 23.5. The van der Waals surface area contributed by atoms with Crippen LogP contribution in [0.3, 0.4) is 0 Å². The van der Waals surface area contributed by atoms with Crippen molar-refractivity contribution in [2.45, 2.75) is 18.2 Å². The highest BCUT2D eigenvalue weighted by molar-refractivity contribution is 7.92. The highest BCUT2D eigenvalue weighted by atomic mass is 32.2. The smallest absolute Gasteiger partial charge is 0.264 e. The van der Waals surface area contributed by atoms with Gasteiger partial charge in [0.1, 0.15) is 12.3 Å². The van der Waals surface area contributed by atoms with Crippen LogP contribution in [0.5, 0.6) is 17.2 Å². The minimum atomic E-state index is -4.26. The van der Waals surface area contributed by atoms with E-state index in [1.165, 1.54) is 32.4 Å². The lowest BCUT2D eigenvalue weighted by Gasteiger charge is -2.25. The number of methoxy groups -OCH3 is 3. The molecule has 0 radical (unpaired) electrons. The van der Waals surface area contributed by atoms with Gasteiger partial charge in [0.15, 0.2) is 11.5 Å². The van der Waals surface area contributed by atoms with Crippen LogP contribution in [0.15, 0.2) is 71.6 Å². The van der Waals surface area contributed by atoms with Crippen LogP contribution in [0, 0.1) is 0 Å². The molecule has 0 atom stereocenters. The molecule has 0 spiro atoms. The van der Waals surface area contributed by atoms with Crippen molar-refractivity contribution in [2.75, 3.05) is 57.3 Å². The fraction of sp³-hybridized carbons (Fsp3) is 0.310. The average molecular weight is 586 g/mol. The molecule has 0 saturated carbocycles. The van der Waals surface area contributed by atoms with Crippen molar-refractivity contribution >= 4 is 33.2 Å². The van der Waals surface area contributed by atoms with Crippen LogP contribution in [0.1, 0.15) is 23.7 Å². The molecule has 0 aliphatic carbocycles. The average Bonchev–Trinajstić information content (AvgIpc) is 2.98. The summed E-state index contributed by atoms with van der Waals surface area (Å²) in [4.78, 5) is 26.0. The predicted octanol–water partition coefficient (Wildman–Crippen LogP) is 3.70. The first-order valence-corrected chi connectivity index (χ1v) is 14.3. The molecule has 2 amide bonds. The van der Waals surface area contributed by atoms with Crippen molar-refractivity contribution in [2.24, 2.45) is 0 Å². The van der Waals surface area contributed by atoms with Crippen molar-refractivity contribution in [1.82, 2.24) is 5.32 Å². The van der Waals surface area contributed by atoms with E-state index < -0.39 is 22.5 Å². The van der Waals surface area contributed by atoms with Crippen molar-refractivity contribution in [1.29, 1.82) is 0 Å². The molecule has 11 nitrogen and oxygen atoms in total. The SMILES string of the molecule is CCOc1ccc(N(CC(=O)Nc2ccccc2C(=O)NCCCOC)S(=O)(=O)c2ccc(OC)c(OC)c2)cc1. The third kappa shape index (κ3) is 8.12. The Morgan fingerprint density at radius 1 is 0.902 bits per heavy atom. The van der Waals surface area contributed by atoms with Gasteiger partial charge in [-0.25, -0.2) is 8.42 Å². The van der Waals surface area contributed by atoms with Crippen molar-refractivity contribution in [3.63, 3.8) is 0 Å². The Balaban J connectivity index is 1.92. The molecule has 41 heavy (non-hydrogen) atoms. The fourth-order valence-corrected chi connectivity index (χ4v) is 5.36. The van der Waals surface area contributed by atoms with Crippen molar-refractivity contribution in [3.8, 4) is 17.2 Å². The second kappa shape index (κ2) is 14.9. The number of benzene rings is 3. The number of sulfonamides is 1. The summed E-state index contributed by atoms with van der Waals surface area (Å²) in [6.07, 6.45) is 0.627. The van der Waals surface area contributed by atoms with Crippen LogP contribution >= 0.6 is 0 Å². The van der Waals surface area contributed by atoms with Crippen LogP contribution in [0.25, 0.3) is 0 Å². The summed E-state index contributed by atoms with van der Waals surface area (Å²) in [6.45, 7) is 2.59. The monoisotopic (exact) mass is 585 g/mol. The number of ether oxygens (including phenoxy) is 4. The summed E-state index contributed by atoms with van der Waals surface area (Å²) in [6, 6.07) is 17.0. The van der Waals surface area contributed by atoms with Crippen molar-refractivity contribution < 1.29 is 37.0 Å². The Bertz CT molecular complexity index is 1430. The zero-order valence-corrected chi connectivity index (χ0v) is 24.3. The van der Waals surface area contributed by atoms with E-state index in [2.05, 4.69) is 10.6 Å². The van der Waals surface area contributed by atoms with Gasteiger partial charge in [0.25, 0.3) is 15.9 Å². The zero-order chi connectivity index (χ0) is 29.8. The van der Waals surface area contributed by atoms with Crippen LogP contribution < -0.4 is 29.1 Å². The molecule has 3 aromatic rings. The molecule has 0 fully saturated rings. The number of anilines is 2. The Hall–Kier alpha value is -4.29. The molecule has 2 N–H and O–H groups in total. The van der Waals surface area contributed by atoms with Gasteiger partial charge in [-0.3, -0.25) is 13.9 Å². The number of carbonyl (C=O) groups is 2. The van der Waals surface area contributed by atoms with Gasteiger partial charge in [-0.15, -0.1) is 0 Å². The van der Waals surface area contributed by atoms with Gasteiger partial charge in [-0.2, -0.15) is 0 Å². The number of hydrogen-bond donors (Lipinski definition) is 2. The van der Waals surface area contributed by atoms with E-state index in [4.69, 9.17) is 18.9 Å². The van der Waals surface area contributed by atoms with Gasteiger partial charge in [0.2, 0.25) is 5.91 Å². The Kier molecular flexibility index (Phi) is 11.4. The number of hydrogen-bond acceptors (Lipinski definition) is 8. The van der Waals surface area contributed by atoms with Gasteiger partial charge in [-0.05, 0) is 61.9 Å². The quantitative estimate of drug-likeness (QED) is 0.258. The maximum atomic E-state index is 13.9. The van der Waals surface area contributed by atoms with Gasteiger partial charge in [0.05, 0.1) is 42.7 Å². The molecular weight excluding hydrogens is 550 g/mol. The maximum absolute atomic E-state index is 13.9. The molecule has 0 bridgehead atoms. The summed E-state index contributed by atoms with van der Waals surface area (Å²) in [5.74, 6) is 0.0968. The highest BCUT2D eigenvalue weighted by Crippen LogP contribution is 2.32. The normalized spacial score (nSPS) is 10.9. The van der Waals surface area contributed by atoms with E-state index in [-0.39, 0.29) is 33.5 Å². The summed E-state index contributed by atoms with van der Waals surface area (Å²) in [5, 5.41) is 5.47. The number of nitrogens with zero attached hydrogens (tertiary/aromatic N) is 1. The largest absolute Gasteiger partial charge is 0.494 e. The molecule has 0 saturated heterocycles. The van der Waals surface area contributed by atoms with E-state index in [0.717, 1.165) is 4.31 Å². The third-order valence-corrected chi connectivity index (χ3v) is 7.69. The minimum absolute atomic E-state index is 0.104. The Morgan fingerprint density at radius 3 is 2.27 bits per heavy atom. The highest BCUT2D eigenvalue weighted by Gasteiger charge is 2.29. The van der Waals surface area contributed by atoms with E-state index in [9.17, 15) is 18.0 Å². The molecule has 3 aromatic carbocycles. The van der Waals surface area contributed by atoms with E-state index in [1.54, 1.807) is 55.6 Å². The molecule has 0 aliphatic rings. The van der Waals surface area contributed by atoms with Crippen LogP contribution in [0.2, 0.25) is 0 Å². The molecule has 220 valence electrons. The van der Waals surface area contributed by atoms with Crippen molar-refractivity contribution in [3.05, 3.63) is 72.3 Å². The molecule has 0 aromatic heterocycles. The van der Waals surface area contributed by atoms with Gasteiger partial charge < -0.3 is 29.6 Å². The van der Waals surface area contributed by atoms with E-state index in [0.29, 0.717) is 37.7 Å². The van der Waals surface area contributed by atoms with Gasteiger partial charge in [-0.1, -0.05) is 12.1 Å². The number of carbonyl (C=O) groups excluding carboxylic acids is 2.